The zero-order valence-corrected chi connectivity index (χ0v) is 10.4. The van der Waals surface area contributed by atoms with Gasteiger partial charge in [0.05, 0.1) is 0 Å². The Morgan fingerprint density at radius 2 is 1.77 bits per heavy atom. The highest BCUT2D eigenvalue weighted by Crippen LogP contribution is 2.27. The molecule has 0 fully saturated rings. The van der Waals surface area contributed by atoms with E-state index in [9.17, 15) is 0 Å². The molecule has 0 aromatic heterocycles. The Bertz CT molecular complexity index is 289. The van der Waals surface area contributed by atoms with Crippen LogP contribution in [0.15, 0.2) is 18.2 Å². The molecule has 0 aliphatic rings. The number of hydrogen-bond acceptors (Lipinski definition) is 0. The van der Waals surface area contributed by atoms with Crippen molar-refractivity contribution in [3.63, 3.8) is 0 Å². The van der Waals surface area contributed by atoms with E-state index < -0.39 is 0 Å². The van der Waals surface area contributed by atoms with E-state index >= 15 is 0 Å². The molecular formula is C12H17Br. The van der Waals surface area contributed by atoms with Crippen molar-refractivity contribution in [2.45, 2.75) is 38.4 Å². The molecule has 0 nitrogen and oxygen atoms in total. The predicted molar refractivity (Wildman–Crippen MR) is 62.7 cm³/mol. The van der Waals surface area contributed by atoms with Gasteiger partial charge in [0.2, 0.25) is 0 Å². The summed E-state index contributed by atoms with van der Waals surface area (Å²) < 4.78 is 0. The minimum atomic E-state index is 0.535. The van der Waals surface area contributed by atoms with Gasteiger partial charge >= 0.3 is 0 Å². The minimum absolute atomic E-state index is 0.535. The molecule has 2 atom stereocenters. The Labute approximate surface area is 89.5 Å². The number of rotatable bonds is 2. The fraction of sp³-hybridized carbons (Fsp3) is 0.500. The predicted octanol–water partition coefficient (Wildman–Crippen LogP) is 4.19. The zero-order chi connectivity index (χ0) is 10.0. The first-order valence-electron chi connectivity index (χ1n) is 4.73. The zero-order valence-electron chi connectivity index (χ0n) is 8.76. The number of halogens is 1. The molecule has 0 N–H and O–H groups in total. The Hall–Kier alpha value is -0.300. The standard InChI is InChI=1S/C12H17Br/c1-8-5-6-9(2)12(7-8)10(3)11(4)13/h5-7,10-11H,1-4H3. The molecule has 1 aromatic rings. The fourth-order valence-corrected chi connectivity index (χ4v) is 1.78. The van der Waals surface area contributed by atoms with Crippen molar-refractivity contribution in [2.24, 2.45) is 0 Å². The number of hydrogen-bond donors (Lipinski definition) is 0. The molecule has 0 radical (unpaired) electrons. The van der Waals surface area contributed by atoms with Gasteiger partial charge in [-0.05, 0) is 30.9 Å². The fourth-order valence-electron chi connectivity index (χ4n) is 1.50. The van der Waals surface area contributed by atoms with E-state index in [0.717, 1.165) is 0 Å². The van der Waals surface area contributed by atoms with Crippen LogP contribution < -0.4 is 0 Å². The second-order valence-electron chi connectivity index (χ2n) is 3.83. The van der Waals surface area contributed by atoms with Crippen molar-refractivity contribution >= 4 is 15.9 Å². The van der Waals surface area contributed by atoms with Crippen molar-refractivity contribution in [2.75, 3.05) is 0 Å². The molecule has 0 heterocycles. The van der Waals surface area contributed by atoms with Crippen LogP contribution in [0.1, 0.15) is 36.5 Å². The summed E-state index contributed by atoms with van der Waals surface area (Å²) in [7, 11) is 0. The molecule has 0 saturated carbocycles. The minimum Gasteiger partial charge on any atom is -0.0887 e. The molecular weight excluding hydrogens is 224 g/mol. The van der Waals surface area contributed by atoms with Gasteiger partial charge in [-0.2, -0.15) is 0 Å². The topological polar surface area (TPSA) is 0 Å². The lowest BCUT2D eigenvalue weighted by Gasteiger charge is -2.17. The third kappa shape index (κ3) is 2.57. The first kappa shape index (κ1) is 10.8. The second kappa shape index (κ2) is 4.28. The van der Waals surface area contributed by atoms with E-state index in [2.05, 4.69) is 61.8 Å². The first-order chi connectivity index (χ1) is 6.02. The van der Waals surface area contributed by atoms with Gasteiger partial charge in [0, 0.05) is 4.83 Å². The van der Waals surface area contributed by atoms with E-state index in [-0.39, 0.29) is 0 Å². The number of alkyl halides is 1. The molecule has 0 bridgehead atoms. The molecule has 2 unspecified atom stereocenters. The molecule has 13 heavy (non-hydrogen) atoms. The van der Waals surface area contributed by atoms with Crippen LogP contribution >= 0.6 is 15.9 Å². The second-order valence-corrected chi connectivity index (χ2v) is 5.27. The van der Waals surface area contributed by atoms with Crippen molar-refractivity contribution < 1.29 is 0 Å². The maximum absolute atomic E-state index is 3.64. The molecule has 1 aromatic carbocycles. The van der Waals surface area contributed by atoms with Crippen molar-refractivity contribution in [1.29, 1.82) is 0 Å². The summed E-state index contributed by atoms with van der Waals surface area (Å²) in [6.07, 6.45) is 0. The summed E-state index contributed by atoms with van der Waals surface area (Å²) in [6.45, 7) is 8.79. The summed E-state index contributed by atoms with van der Waals surface area (Å²) >= 11 is 3.64. The number of aryl methyl sites for hydroxylation is 2. The van der Waals surface area contributed by atoms with Gasteiger partial charge in [-0.3, -0.25) is 0 Å². The lowest BCUT2D eigenvalue weighted by atomic mass is 9.93. The number of benzene rings is 1. The van der Waals surface area contributed by atoms with Crippen LogP contribution in [-0.4, -0.2) is 4.83 Å². The van der Waals surface area contributed by atoms with E-state index in [1.165, 1.54) is 16.7 Å². The normalized spacial score (nSPS) is 15.5. The Morgan fingerprint density at radius 1 is 1.15 bits per heavy atom. The van der Waals surface area contributed by atoms with Crippen molar-refractivity contribution in [1.82, 2.24) is 0 Å². The third-order valence-corrected chi connectivity index (χ3v) is 3.41. The summed E-state index contributed by atoms with van der Waals surface area (Å²) in [5, 5.41) is 0. The van der Waals surface area contributed by atoms with Gasteiger partial charge in [0.15, 0.2) is 0 Å². The molecule has 0 spiro atoms. The van der Waals surface area contributed by atoms with Crippen LogP contribution in [0.25, 0.3) is 0 Å². The third-order valence-electron chi connectivity index (χ3n) is 2.61. The van der Waals surface area contributed by atoms with Gasteiger partial charge < -0.3 is 0 Å². The Balaban J connectivity index is 3.05. The van der Waals surface area contributed by atoms with Gasteiger partial charge in [-0.25, -0.2) is 0 Å². The van der Waals surface area contributed by atoms with Crippen LogP contribution in [0, 0.1) is 13.8 Å². The average molecular weight is 241 g/mol. The summed E-state index contributed by atoms with van der Waals surface area (Å²) in [4.78, 5) is 0.535. The highest BCUT2D eigenvalue weighted by atomic mass is 79.9. The highest BCUT2D eigenvalue weighted by Gasteiger charge is 2.13. The van der Waals surface area contributed by atoms with Crippen molar-refractivity contribution in [3.8, 4) is 0 Å². The maximum atomic E-state index is 3.64. The molecule has 1 heteroatoms. The Kier molecular flexibility index (Phi) is 3.55. The Morgan fingerprint density at radius 3 is 2.31 bits per heavy atom. The highest BCUT2D eigenvalue weighted by molar-refractivity contribution is 9.09. The van der Waals surface area contributed by atoms with Crippen LogP contribution in [0.5, 0.6) is 0 Å². The molecule has 0 aliphatic heterocycles. The lowest BCUT2D eigenvalue weighted by Crippen LogP contribution is -2.06. The van der Waals surface area contributed by atoms with Gasteiger partial charge in [-0.15, -0.1) is 0 Å². The van der Waals surface area contributed by atoms with Crippen LogP contribution in [0.2, 0.25) is 0 Å². The largest absolute Gasteiger partial charge is 0.0887 e. The van der Waals surface area contributed by atoms with Crippen LogP contribution in [0.3, 0.4) is 0 Å². The monoisotopic (exact) mass is 240 g/mol. The summed E-state index contributed by atoms with van der Waals surface area (Å²) in [5.41, 5.74) is 4.20. The summed E-state index contributed by atoms with van der Waals surface area (Å²) in [5.74, 6) is 0.583. The molecule has 1 rings (SSSR count). The molecule has 0 aliphatic carbocycles. The first-order valence-corrected chi connectivity index (χ1v) is 5.65. The van der Waals surface area contributed by atoms with Crippen molar-refractivity contribution in [3.05, 3.63) is 34.9 Å². The average Bonchev–Trinajstić information content (AvgIpc) is 2.08. The van der Waals surface area contributed by atoms with Gasteiger partial charge in [0.25, 0.3) is 0 Å². The van der Waals surface area contributed by atoms with Gasteiger partial charge in [0.1, 0.15) is 0 Å². The lowest BCUT2D eigenvalue weighted by molar-refractivity contribution is 0.754. The quantitative estimate of drug-likeness (QED) is 0.681. The van der Waals surface area contributed by atoms with E-state index in [0.29, 0.717) is 10.7 Å². The van der Waals surface area contributed by atoms with E-state index in [4.69, 9.17) is 0 Å². The smallest absolute Gasteiger partial charge is 0.0183 e. The maximum Gasteiger partial charge on any atom is 0.0183 e. The van der Waals surface area contributed by atoms with E-state index in [1.807, 2.05) is 0 Å². The molecule has 0 saturated heterocycles. The molecule has 72 valence electrons. The summed E-state index contributed by atoms with van der Waals surface area (Å²) in [6, 6.07) is 6.67. The molecule has 0 amide bonds. The van der Waals surface area contributed by atoms with Crippen LogP contribution in [0.4, 0.5) is 0 Å². The van der Waals surface area contributed by atoms with Gasteiger partial charge in [-0.1, -0.05) is 53.5 Å². The SMILES string of the molecule is Cc1ccc(C)c(C(C)C(C)Br)c1. The van der Waals surface area contributed by atoms with Crippen LogP contribution in [-0.2, 0) is 0 Å². The van der Waals surface area contributed by atoms with E-state index in [1.54, 1.807) is 0 Å².